The van der Waals surface area contributed by atoms with Crippen molar-refractivity contribution in [2.45, 2.75) is 37.1 Å². The SMILES string of the molecule is O=C(Cc1ccccc1)N1C[C@@H](N2CCC(c3ccccc3)CC2)[C@H](c2ccccc2)C1. The first-order chi connectivity index (χ1) is 15.8. The van der Waals surface area contributed by atoms with Crippen molar-refractivity contribution in [2.75, 3.05) is 26.2 Å². The molecule has 3 aromatic carbocycles. The Kier molecular flexibility index (Phi) is 6.36. The Morgan fingerprint density at radius 1 is 0.719 bits per heavy atom. The third kappa shape index (κ3) is 4.63. The second-order valence-electron chi connectivity index (χ2n) is 9.27. The van der Waals surface area contributed by atoms with Gasteiger partial charge in [0.25, 0.3) is 0 Å². The average molecular weight is 425 g/mol. The van der Waals surface area contributed by atoms with Crippen LogP contribution in [0.3, 0.4) is 0 Å². The van der Waals surface area contributed by atoms with Gasteiger partial charge in [0, 0.05) is 25.0 Å². The summed E-state index contributed by atoms with van der Waals surface area (Å²) in [5.74, 6) is 1.28. The highest BCUT2D eigenvalue weighted by molar-refractivity contribution is 5.79. The first-order valence-corrected chi connectivity index (χ1v) is 11.9. The predicted molar refractivity (Wildman–Crippen MR) is 130 cm³/mol. The minimum absolute atomic E-state index is 0.249. The maximum atomic E-state index is 13.2. The van der Waals surface area contributed by atoms with E-state index in [1.165, 1.54) is 24.0 Å². The zero-order chi connectivity index (χ0) is 21.8. The van der Waals surface area contributed by atoms with Crippen LogP contribution in [0, 0.1) is 0 Å². The fraction of sp³-hybridized carbons (Fsp3) is 0.345. The number of piperidine rings is 1. The molecule has 0 aliphatic carbocycles. The minimum atomic E-state index is 0.249. The van der Waals surface area contributed by atoms with Gasteiger partial charge in [0.2, 0.25) is 5.91 Å². The van der Waals surface area contributed by atoms with Gasteiger partial charge in [-0.1, -0.05) is 91.0 Å². The van der Waals surface area contributed by atoms with E-state index in [0.29, 0.717) is 24.3 Å². The molecule has 0 bridgehead atoms. The van der Waals surface area contributed by atoms with E-state index in [1.807, 2.05) is 18.2 Å². The van der Waals surface area contributed by atoms with Crippen LogP contribution >= 0.6 is 0 Å². The summed E-state index contributed by atoms with van der Waals surface area (Å²) in [6.45, 7) is 3.86. The predicted octanol–water partition coefficient (Wildman–Crippen LogP) is 5.10. The molecule has 5 rings (SSSR count). The summed E-state index contributed by atoms with van der Waals surface area (Å²) in [5.41, 5.74) is 3.93. The number of likely N-dealkylation sites (tertiary alicyclic amines) is 2. The smallest absolute Gasteiger partial charge is 0.227 e. The van der Waals surface area contributed by atoms with Crippen molar-refractivity contribution in [3.05, 3.63) is 108 Å². The van der Waals surface area contributed by atoms with Crippen molar-refractivity contribution < 1.29 is 4.79 Å². The molecule has 0 aromatic heterocycles. The number of nitrogens with zero attached hydrogens (tertiary/aromatic N) is 2. The third-order valence-electron chi connectivity index (χ3n) is 7.34. The molecule has 3 heteroatoms. The van der Waals surface area contributed by atoms with Gasteiger partial charge >= 0.3 is 0 Å². The largest absolute Gasteiger partial charge is 0.340 e. The molecule has 1 amide bonds. The van der Waals surface area contributed by atoms with E-state index in [9.17, 15) is 4.79 Å². The summed E-state index contributed by atoms with van der Waals surface area (Å²) in [4.78, 5) is 17.9. The fourth-order valence-electron chi connectivity index (χ4n) is 5.56. The number of rotatable bonds is 5. The van der Waals surface area contributed by atoms with Gasteiger partial charge in [-0.25, -0.2) is 0 Å². The van der Waals surface area contributed by atoms with Crippen molar-refractivity contribution >= 4 is 5.91 Å². The number of carbonyl (C=O) groups excluding carboxylic acids is 1. The van der Waals surface area contributed by atoms with Crippen molar-refractivity contribution in [2.24, 2.45) is 0 Å². The molecule has 2 heterocycles. The zero-order valence-corrected chi connectivity index (χ0v) is 18.6. The minimum Gasteiger partial charge on any atom is -0.340 e. The Bertz CT molecular complexity index is 997. The molecule has 3 nitrogen and oxygen atoms in total. The molecule has 0 saturated carbocycles. The highest BCUT2D eigenvalue weighted by atomic mass is 16.2. The number of hydrogen-bond donors (Lipinski definition) is 0. The van der Waals surface area contributed by atoms with Gasteiger partial charge in [0.1, 0.15) is 0 Å². The monoisotopic (exact) mass is 424 g/mol. The number of amides is 1. The van der Waals surface area contributed by atoms with Gasteiger partial charge in [0.05, 0.1) is 6.42 Å². The van der Waals surface area contributed by atoms with Crippen molar-refractivity contribution in [3.63, 3.8) is 0 Å². The lowest BCUT2D eigenvalue weighted by Gasteiger charge is -2.38. The summed E-state index contributed by atoms with van der Waals surface area (Å²) < 4.78 is 0. The van der Waals surface area contributed by atoms with Crippen molar-refractivity contribution in [3.8, 4) is 0 Å². The highest BCUT2D eigenvalue weighted by Gasteiger charge is 2.40. The first kappa shape index (κ1) is 21.0. The Hall–Kier alpha value is -2.91. The first-order valence-electron chi connectivity index (χ1n) is 11.9. The molecule has 2 aliphatic rings. The Morgan fingerprint density at radius 3 is 1.91 bits per heavy atom. The van der Waals surface area contributed by atoms with Crippen LogP contribution in [-0.4, -0.2) is 47.9 Å². The number of hydrogen-bond acceptors (Lipinski definition) is 2. The topological polar surface area (TPSA) is 23.6 Å². The van der Waals surface area contributed by atoms with E-state index in [0.717, 1.165) is 31.7 Å². The molecule has 2 fully saturated rings. The van der Waals surface area contributed by atoms with Gasteiger partial charge in [0.15, 0.2) is 0 Å². The summed E-state index contributed by atoms with van der Waals surface area (Å²) in [7, 11) is 0. The molecule has 2 atom stereocenters. The maximum absolute atomic E-state index is 13.2. The molecular formula is C29H32N2O. The van der Waals surface area contributed by atoms with Crippen LogP contribution < -0.4 is 0 Å². The molecule has 3 aromatic rings. The van der Waals surface area contributed by atoms with E-state index >= 15 is 0 Å². The van der Waals surface area contributed by atoms with Crippen molar-refractivity contribution in [1.82, 2.24) is 9.80 Å². The van der Waals surface area contributed by atoms with Gasteiger partial charge in [-0.2, -0.15) is 0 Å². The molecule has 0 spiro atoms. The van der Waals surface area contributed by atoms with Crippen LogP contribution in [0.1, 0.15) is 41.4 Å². The molecule has 2 aliphatic heterocycles. The molecule has 0 radical (unpaired) electrons. The highest BCUT2D eigenvalue weighted by Crippen LogP contribution is 2.36. The van der Waals surface area contributed by atoms with E-state index in [-0.39, 0.29) is 5.91 Å². The molecule has 2 saturated heterocycles. The average Bonchev–Trinajstić information content (AvgIpc) is 3.32. The second-order valence-corrected chi connectivity index (χ2v) is 9.27. The lowest BCUT2D eigenvalue weighted by molar-refractivity contribution is -0.129. The standard InChI is InChI=1S/C29H32N2O/c32-29(20-23-10-4-1-5-11-23)31-21-27(26-14-8-3-9-15-26)28(22-31)30-18-16-25(17-19-30)24-12-6-2-7-13-24/h1-15,25,27-28H,16-22H2/t27-,28+/m0/s1. The normalized spacial score (nSPS) is 22.2. The summed E-state index contributed by atoms with van der Waals surface area (Å²) in [6, 6.07) is 32.3. The number of carbonyl (C=O) groups is 1. The Labute approximate surface area is 191 Å². The van der Waals surface area contributed by atoms with Gasteiger partial charge < -0.3 is 4.90 Å². The van der Waals surface area contributed by atoms with Gasteiger partial charge in [-0.3, -0.25) is 9.69 Å². The molecular weight excluding hydrogens is 392 g/mol. The van der Waals surface area contributed by atoms with Gasteiger partial charge in [-0.15, -0.1) is 0 Å². The molecule has 32 heavy (non-hydrogen) atoms. The van der Waals surface area contributed by atoms with E-state index < -0.39 is 0 Å². The Morgan fingerprint density at radius 2 is 1.28 bits per heavy atom. The third-order valence-corrected chi connectivity index (χ3v) is 7.34. The molecule has 0 unspecified atom stereocenters. The van der Waals surface area contributed by atoms with Gasteiger partial charge in [-0.05, 0) is 48.5 Å². The summed E-state index contributed by atoms with van der Waals surface area (Å²) in [5, 5.41) is 0. The van der Waals surface area contributed by atoms with Crippen LogP contribution in [0.2, 0.25) is 0 Å². The molecule has 164 valence electrons. The van der Waals surface area contributed by atoms with E-state index in [1.54, 1.807) is 0 Å². The quantitative estimate of drug-likeness (QED) is 0.569. The number of benzene rings is 3. The summed E-state index contributed by atoms with van der Waals surface area (Å²) >= 11 is 0. The summed E-state index contributed by atoms with van der Waals surface area (Å²) in [6.07, 6.45) is 2.88. The zero-order valence-electron chi connectivity index (χ0n) is 18.6. The van der Waals surface area contributed by atoms with E-state index in [2.05, 4.69) is 82.6 Å². The van der Waals surface area contributed by atoms with Crippen LogP contribution in [0.25, 0.3) is 0 Å². The van der Waals surface area contributed by atoms with Crippen LogP contribution in [0.4, 0.5) is 0 Å². The van der Waals surface area contributed by atoms with Crippen molar-refractivity contribution in [1.29, 1.82) is 0 Å². The second kappa shape index (κ2) is 9.70. The van der Waals surface area contributed by atoms with Crippen LogP contribution in [0.15, 0.2) is 91.0 Å². The molecule has 0 N–H and O–H groups in total. The van der Waals surface area contributed by atoms with E-state index in [4.69, 9.17) is 0 Å². The lowest BCUT2D eigenvalue weighted by atomic mass is 9.87. The Balaban J connectivity index is 1.30. The maximum Gasteiger partial charge on any atom is 0.227 e. The van der Waals surface area contributed by atoms with Crippen LogP contribution in [0.5, 0.6) is 0 Å². The fourth-order valence-corrected chi connectivity index (χ4v) is 5.56. The van der Waals surface area contributed by atoms with Crippen LogP contribution in [-0.2, 0) is 11.2 Å². The lowest BCUT2D eigenvalue weighted by Crippen LogP contribution is -2.45.